The van der Waals surface area contributed by atoms with Crippen molar-refractivity contribution in [3.63, 3.8) is 0 Å². The van der Waals surface area contributed by atoms with E-state index < -0.39 is 0 Å². The number of para-hydroxylation sites is 1. The zero-order valence-corrected chi connectivity index (χ0v) is 11.2. The molecular formula is C15H16N4O. The van der Waals surface area contributed by atoms with Crippen LogP contribution in [-0.2, 0) is 0 Å². The Morgan fingerprint density at radius 3 is 2.65 bits per heavy atom. The molecular weight excluding hydrogens is 252 g/mol. The van der Waals surface area contributed by atoms with Crippen molar-refractivity contribution in [3.05, 3.63) is 71.9 Å². The Balaban J connectivity index is 2.07. The maximum absolute atomic E-state index is 5.72. The van der Waals surface area contributed by atoms with Crippen LogP contribution in [0.2, 0.25) is 0 Å². The third-order valence-electron chi connectivity index (χ3n) is 3.30. The lowest BCUT2D eigenvalue weighted by molar-refractivity contribution is 0.439. The van der Waals surface area contributed by atoms with E-state index in [2.05, 4.69) is 10.5 Å². The van der Waals surface area contributed by atoms with Crippen LogP contribution in [0, 0.1) is 6.92 Å². The Labute approximate surface area is 117 Å². The molecule has 3 N–H and O–H groups in total. The molecule has 5 heteroatoms. The highest BCUT2D eigenvalue weighted by Gasteiger charge is 2.22. The minimum atomic E-state index is -0.243. The number of furan rings is 1. The van der Waals surface area contributed by atoms with E-state index in [4.69, 9.17) is 10.3 Å². The van der Waals surface area contributed by atoms with Crippen LogP contribution in [-0.4, -0.2) is 9.78 Å². The number of rotatable bonds is 4. The molecule has 2 heterocycles. The lowest BCUT2D eigenvalue weighted by atomic mass is 10.1. The van der Waals surface area contributed by atoms with Crippen LogP contribution in [0.15, 0.2) is 59.3 Å². The van der Waals surface area contributed by atoms with Gasteiger partial charge in [0.05, 0.1) is 17.6 Å². The molecule has 0 fully saturated rings. The Bertz CT molecular complexity index is 687. The number of aromatic nitrogens is 2. The molecule has 0 aliphatic heterocycles. The third-order valence-corrected chi connectivity index (χ3v) is 3.30. The average molecular weight is 268 g/mol. The first-order valence-corrected chi connectivity index (χ1v) is 6.40. The van der Waals surface area contributed by atoms with E-state index in [1.165, 1.54) is 0 Å². The number of hydrazine groups is 1. The van der Waals surface area contributed by atoms with Gasteiger partial charge in [-0.15, -0.1) is 0 Å². The summed E-state index contributed by atoms with van der Waals surface area (Å²) in [4.78, 5) is 0. The summed E-state index contributed by atoms with van der Waals surface area (Å²) in [6.45, 7) is 1.99. The molecule has 3 rings (SSSR count). The molecule has 0 saturated heterocycles. The minimum absolute atomic E-state index is 0.243. The first-order chi connectivity index (χ1) is 9.81. The van der Waals surface area contributed by atoms with Gasteiger partial charge in [0, 0.05) is 6.20 Å². The smallest absolute Gasteiger partial charge is 0.131 e. The number of nitrogens with zero attached hydrogens (tertiary/aromatic N) is 2. The Hall–Kier alpha value is -2.37. The van der Waals surface area contributed by atoms with Crippen molar-refractivity contribution in [3.8, 4) is 5.69 Å². The molecule has 0 radical (unpaired) electrons. The average Bonchev–Trinajstić information content (AvgIpc) is 3.11. The van der Waals surface area contributed by atoms with Gasteiger partial charge < -0.3 is 4.42 Å². The number of aryl methyl sites for hydroxylation is 1. The first kappa shape index (κ1) is 12.7. The molecule has 0 aliphatic rings. The summed E-state index contributed by atoms with van der Waals surface area (Å²) in [5.74, 6) is 6.52. The summed E-state index contributed by atoms with van der Waals surface area (Å²) in [7, 11) is 0. The molecule has 0 saturated carbocycles. The van der Waals surface area contributed by atoms with Crippen LogP contribution in [0.5, 0.6) is 0 Å². The van der Waals surface area contributed by atoms with Crippen LogP contribution in [0.1, 0.15) is 23.1 Å². The van der Waals surface area contributed by atoms with Crippen molar-refractivity contribution >= 4 is 0 Å². The summed E-state index contributed by atoms with van der Waals surface area (Å²) in [5.41, 5.74) is 5.76. The summed E-state index contributed by atoms with van der Waals surface area (Å²) in [6.07, 6.45) is 3.42. The second kappa shape index (κ2) is 5.32. The Kier molecular flexibility index (Phi) is 3.37. The first-order valence-electron chi connectivity index (χ1n) is 6.40. The van der Waals surface area contributed by atoms with E-state index in [9.17, 15) is 0 Å². The minimum Gasteiger partial charge on any atom is -0.467 e. The maximum Gasteiger partial charge on any atom is 0.131 e. The van der Waals surface area contributed by atoms with E-state index in [1.54, 1.807) is 12.5 Å². The van der Waals surface area contributed by atoms with Crippen molar-refractivity contribution in [2.45, 2.75) is 13.0 Å². The predicted octanol–water partition coefficient (Wildman–Crippen LogP) is 2.33. The van der Waals surface area contributed by atoms with E-state index in [-0.39, 0.29) is 6.04 Å². The molecule has 20 heavy (non-hydrogen) atoms. The van der Waals surface area contributed by atoms with Gasteiger partial charge in [-0.1, -0.05) is 18.2 Å². The van der Waals surface area contributed by atoms with Gasteiger partial charge in [-0.25, -0.2) is 10.1 Å². The van der Waals surface area contributed by atoms with Crippen molar-refractivity contribution < 1.29 is 4.42 Å². The molecule has 5 nitrogen and oxygen atoms in total. The topological polar surface area (TPSA) is 69.0 Å². The fraction of sp³-hybridized carbons (Fsp3) is 0.133. The van der Waals surface area contributed by atoms with Gasteiger partial charge in [-0.3, -0.25) is 5.84 Å². The fourth-order valence-corrected chi connectivity index (χ4v) is 2.29. The van der Waals surface area contributed by atoms with Gasteiger partial charge in [0.15, 0.2) is 0 Å². The highest BCUT2D eigenvalue weighted by Crippen LogP contribution is 2.26. The standard InChI is InChI=1S/C15H16N4O/c1-11-8-10-20-15(11)14(18-16)13-7-9-17-19(13)12-5-3-2-4-6-12/h2-10,14,18H,16H2,1H3. The molecule has 3 aromatic rings. The van der Waals surface area contributed by atoms with Crippen molar-refractivity contribution in [2.75, 3.05) is 0 Å². The lowest BCUT2D eigenvalue weighted by Gasteiger charge is -2.16. The molecule has 0 aliphatic carbocycles. The van der Waals surface area contributed by atoms with Crippen LogP contribution in [0.4, 0.5) is 0 Å². The van der Waals surface area contributed by atoms with Gasteiger partial charge >= 0.3 is 0 Å². The third kappa shape index (κ3) is 2.13. The van der Waals surface area contributed by atoms with Crippen molar-refractivity contribution in [1.82, 2.24) is 15.2 Å². The molecule has 1 unspecified atom stereocenters. The summed E-state index contributed by atoms with van der Waals surface area (Å²) < 4.78 is 7.40. The van der Waals surface area contributed by atoms with E-state index in [0.717, 1.165) is 22.7 Å². The van der Waals surface area contributed by atoms with Gasteiger partial charge in [0.2, 0.25) is 0 Å². The van der Waals surface area contributed by atoms with Crippen molar-refractivity contribution in [1.29, 1.82) is 0 Å². The number of benzene rings is 1. The molecule has 0 amide bonds. The Morgan fingerprint density at radius 2 is 2.00 bits per heavy atom. The quantitative estimate of drug-likeness (QED) is 0.563. The van der Waals surface area contributed by atoms with Gasteiger partial charge in [-0.05, 0) is 36.8 Å². The second-order valence-corrected chi connectivity index (χ2v) is 4.57. The monoisotopic (exact) mass is 268 g/mol. The summed E-state index contributed by atoms with van der Waals surface area (Å²) in [5, 5.41) is 4.37. The highest BCUT2D eigenvalue weighted by molar-refractivity contribution is 5.35. The lowest BCUT2D eigenvalue weighted by Crippen LogP contribution is -2.30. The summed E-state index contributed by atoms with van der Waals surface area (Å²) >= 11 is 0. The van der Waals surface area contributed by atoms with Crippen LogP contribution in [0.25, 0.3) is 5.69 Å². The van der Waals surface area contributed by atoms with Crippen LogP contribution in [0.3, 0.4) is 0 Å². The number of hydrogen-bond donors (Lipinski definition) is 2. The van der Waals surface area contributed by atoms with Gasteiger partial charge in [0.25, 0.3) is 0 Å². The van der Waals surface area contributed by atoms with Crippen LogP contribution >= 0.6 is 0 Å². The molecule has 1 atom stereocenters. The predicted molar refractivity (Wildman–Crippen MR) is 76.2 cm³/mol. The fourth-order valence-electron chi connectivity index (χ4n) is 2.29. The molecule has 102 valence electrons. The van der Waals surface area contributed by atoms with E-state index >= 15 is 0 Å². The molecule has 0 bridgehead atoms. The zero-order chi connectivity index (χ0) is 13.9. The zero-order valence-electron chi connectivity index (χ0n) is 11.2. The van der Waals surface area contributed by atoms with Gasteiger partial charge in [-0.2, -0.15) is 5.10 Å². The maximum atomic E-state index is 5.72. The normalized spacial score (nSPS) is 12.5. The molecule has 2 aromatic heterocycles. The van der Waals surface area contributed by atoms with Crippen LogP contribution < -0.4 is 11.3 Å². The Morgan fingerprint density at radius 1 is 1.20 bits per heavy atom. The number of nitrogens with two attached hydrogens (primary N) is 1. The van der Waals surface area contributed by atoms with Crippen molar-refractivity contribution in [2.24, 2.45) is 5.84 Å². The molecule has 1 aromatic carbocycles. The number of nitrogens with one attached hydrogen (secondary N) is 1. The van der Waals surface area contributed by atoms with E-state index in [0.29, 0.717) is 0 Å². The largest absolute Gasteiger partial charge is 0.467 e. The SMILES string of the molecule is Cc1ccoc1C(NN)c1ccnn1-c1ccccc1. The highest BCUT2D eigenvalue weighted by atomic mass is 16.3. The summed E-state index contributed by atoms with van der Waals surface area (Å²) in [6, 6.07) is 13.5. The molecule has 0 spiro atoms. The number of hydrogen-bond acceptors (Lipinski definition) is 4. The van der Waals surface area contributed by atoms with E-state index in [1.807, 2.05) is 54.1 Å². The van der Waals surface area contributed by atoms with Gasteiger partial charge in [0.1, 0.15) is 11.8 Å². The second-order valence-electron chi connectivity index (χ2n) is 4.57.